The van der Waals surface area contributed by atoms with Gasteiger partial charge in [-0.25, -0.2) is 10.1 Å². The summed E-state index contributed by atoms with van der Waals surface area (Å²) < 4.78 is 13.1. The van der Waals surface area contributed by atoms with Gasteiger partial charge in [-0.15, -0.1) is 0 Å². The quantitative estimate of drug-likeness (QED) is 0.275. The Morgan fingerprint density at radius 3 is 2.75 bits per heavy atom. The van der Waals surface area contributed by atoms with E-state index >= 15 is 0 Å². The minimum atomic E-state index is -0.473. The molecule has 5 aromatic rings. The summed E-state index contributed by atoms with van der Waals surface area (Å²) in [6.07, 6.45) is 4.29. The van der Waals surface area contributed by atoms with Crippen LogP contribution in [0.4, 0.5) is 0 Å². The van der Waals surface area contributed by atoms with E-state index in [-0.39, 0.29) is 17.6 Å². The number of para-hydroxylation sites is 2. The third-order valence-electron chi connectivity index (χ3n) is 5.51. The SMILES string of the molecule is Cc1ccc2occ(C=NNC(=O)COc3ccccc3-c3ccnn3-c3ccccc3)c(=O)c2c1. The van der Waals surface area contributed by atoms with Gasteiger partial charge in [0.1, 0.15) is 17.6 Å². The minimum Gasteiger partial charge on any atom is -0.483 e. The predicted octanol–water partition coefficient (Wildman–Crippen LogP) is 4.48. The van der Waals surface area contributed by atoms with Crippen LogP contribution in [0.15, 0.2) is 106 Å². The number of nitrogens with one attached hydrogen (secondary N) is 1. The minimum absolute atomic E-state index is 0.224. The molecule has 2 aromatic heterocycles. The first-order valence-corrected chi connectivity index (χ1v) is 11.3. The van der Waals surface area contributed by atoms with Crippen LogP contribution in [0, 0.1) is 6.92 Å². The number of ether oxygens (including phenoxy) is 1. The molecule has 0 saturated carbocycles. The number of amides is 1. The molecule has 178 valence electrons. The first-order chi connectivity index (χ1) is 17.6. The van der Waals surface area contributed by atoms with Gasteiger partial charge in [0, 0.05) is 5.56 Å². The van der Waals surface area contributed by atoms with Gasteiger partial charge in [-0.3, -0.25) is 9.59 Å². The van der Waals surface area contributed by atoms with Gasteiger partial charge in [-0.05, 0) is 49.4 Å². The average molecular weight is 479 g/mol. The monoisotopic (exact) mass is 478 g/mol. The molecule has 0 saturated heterocycles. The van der Waals surface area contributed by atoms with Crippen molar-refractivity contribution in [3.05, 3.63) is 113 Å². The Bertz CT molecular complexity index is 1620. The fourth-order valence-electron chi connectivity index (χ4n) is 3.78. The molecular weight excluding hydrogens is 456 g/mol. The zero-order chi connectivity index (χ0) is 24.9. The molecule has 1 amide bonds. The molecule has 1 N–H and O–H groups in total. The second-order valence-corrected chi connectivity index (χ2v) is 8.06. The molecule has 0 radical (unpaired) electrons. The Morgan fingerprint density at radius 1 is 1.08 bits per heavy atom. The molecule has 8 heteroatoms. The fourth-order valence-corrected chi connectivity index (χ4v) is 3.78. The summed E-state index contributed by atoms with van der Waals surface area (Å²) >= 11 is 0. The van der Waals surface area contributed by atoms with Crippen molar-refractivity contribution in [2.45, 2.75) is 6.92 Å². The van der Waals surface area contributed by atoms with Crippen LogP contribution in [0.25, 0.3) is 27.9 Å². The maximum Gasteiger partial charge on any atom is 0.277 e. The maximum atomic E-state index is 12.7. The van der Waals surface area contributed by atoms with Crippen LogP contribution in [-0.2, 0) is 4.79 Å². The van der Waals surface area contributed by atoms with E-state index in [0.29, 0.717) is 16.7 Å². The molecule has 8 nitrogen and oxygen atoms in total. The number of aryl methyl sites for hydroxylation is 1. The smallest absolute Gasteiger partial charge is 0.277 e. The van der Waals surface area contributed by atoms with Crippen LogP contribution in [0.3, 0.4) is 0 Å². The number of hydrogen-bond donors (Lipinski definition) is 1. The van der Waals surface area contributed by atoms with E-state index in [4.69, 9.17) is 9.15 Å². The number of carbonyl (C=O) groups is 1. The number of carbonyl (C=O) groups excluding carboxylic acids is 1. The lowest BCUT2D eigenvalue weighted by molar-refractivity contribution is -0.123. The zero-order valence-electron chi connectivity index (χ0n) is 19.4. The molecule has 0 aliphatic heterocycles. The van der Waals surface area contributed by atoms with Gasteiger partial charge >= 0.3 is 0 Å². The number of fused-ring (bicyclic) bond motifs is 1. The van der Waals surface area contributed by atoms with E-state index in [1.807, 2.05) is 72.3 Å². The fraction of sp³-hybridized carbons (Fsp3) is 0.0714. The summed E-state index contributed by atoms with van der Waals surface area (Å²) in [5, 5.41) is 8.78. The van der Waals surface area contributed by atoms with Crippen molar-refractivity contribution in [1.82, 2.24) is 15.2 Å². The number of nitrogens with zero attached hydrogens (tertiary/aromatic N) is 3. The van der Waals surface area contributed by atoms with E-state index < -0.39 is 5.91 Å². The highest BCUT2D eigenvalue weighted by Crippen LogP contribution is 2.31. The van der Waals surface area contributed by atoms with Crippen molar-refractivity contribution in [2.24, 2.45) is 5.10 Å². The molecule has 0 aliphatic carbocycles. The molecule has 0 spiro atoms. The van der Waals surface area contributed by atoms with Crippen molar-refractivity contribution in [2.75, 3.05) is 6.61 Å². The third kappa shape index (κ3) is 4.78. The standard InChI is InChI=1S/C28H22N4O4/c1-19-11-12-26-23(15-19)28(34)20(17-35-26)16-29-31-27(33)18-36-25-10-6-5-9-22(25)24-13-14-30-32(24)21-7-3-2-4-8-21/h2-17H,18H2,1H3,(H,31,33). The topological polar surface area (TPSA) is 98.7 Å². The van der Waals surface area contributed by atoms with Gasteiger partial charge in [-0.2, -0.15) is 10.2 Å². The summed E-state index contributed by atoms with van der Waals surface area (Å²) in [4.78, 5) is 25.0. The molecule has 0 bridgehead atoms. The number of hydrazone groups is 1. The summed E-state index contributed by atoms with van der Waals surface area (Å²) in [6.45, 7) is 1.63. The Kier molecular flexibility index (Phi) is 6.40. The van der Waals surface area contributed by atoms with Crippen molar-refractivity contribution < 1.29 is 13.9 Å². The van der Waals surface area contributed by atoms with Crippen LogP contribution < -0.4 is 15.6 Å². The summed E-state index contributed by atoms with van der Waals surface area (Å²) in [5.74, 6) is 0.0542. The van der Waals surface area contributed by atoms with Crippen LogP contribution in [0.5, 0.6) is 5.75 Å². The normalized spacial score (nSPS) is 11.1. The maximum absolute atomic E-state index is 12.7. The molecule has 0 atom stereocenters. The Morgan fingerprint density at radius 2 is 1.89 bits per heavy atom. The first-order valence-electron chi connectivity index (χ1n) is 11.3. The molecule has 0 aliphatic rings. The van der Waals surface area contributed by atoms with Crippen molar-refractivity contribution in [3.8, 4) is 22.7 Å². The highest BCUT2D eigenvalue weighted by atomic mass is 16.5. The number of rotatable bonds is 7. The molecule has 3 aromatic carbocycles. The van der Waals surface area contributed by atoms with Crippen LogP contribution >= 0.6 is 0 Å². The average Bonchev–Trinajstić information content (AvgIpc) is 3.40. The first kappa shape index (κ1) is 22.8. The molecular formula is C28H22N4O4. The van der Waals surface area contributed by atoms with E-state index in [9.17, 15) is 9.59 Å². The Labute approximate surface area is 206 Å². The summed E-state index contributed by atoms with van der Waals surface area (Å²) in [6, 6.07) is 24.4. The van der Waals surface area contributed by atoms with Gasteiger partial charge in [0.25, 0.3) is 5.91 Å². The van der Waals surface area contributed by atoms with E-state index in [1.54, 1.807) is 24.4 Å². The Balaban J connectivity index is 1.27. The van der Waals surface area contributed by atoms with Crippen molar-refractivity contribution in [3.63, 3.8) is 0 Å². The third-order valence-corrected chi connectivity index (χ3v) is 5.51. The molecule has 0 unspecified atom stereocenters. The number of hydrogen-bond acceptors (Lipinski definition) is 6. The second kappa shape index (κ2) is 10.1. The highest BCUT2D eigenvalue weighted by molar-refractivity contribution is 5.87. The lowest BCUT2D eigenvalue weighted by atomic mass is 10.1. The number of aromatic nitrogens is 2. The predicted molar refractivity (Wildman–Crippen MR) is 137 cm³/mol. The van der Waals surface area contributed by atoms with Gasteiger partial charge in [-0.1, -0.05) is 42.0 Å². The van der Waals surface area contributed by atoms with Crippen molar-refractivity contribution >= 4 is 23.1 Å². The van der Waals surface area contributed by atoms with E-state index in [0.717, 1.165) is 22.5 Å². The highest BCUT2D eigenvalue weighted by Gasteiger charge is 2.13. The largest absolute Gasteiger partial charge is 0.483 e. The van der Waals surface area contributed by atoms with Crippen molar-refractivity contribution in [1.29, 1.82) is 0 Å². The summed E-state index contributed by atoms with van der Waals surface area (Å²) in [7, 11) is 0. The van der Waals surface area contributed by atoms with Crippen LogP contribution in [0.1, 0.15) is 11.1 Å². The van der Waals surface area contributed by atoms with Crippen LogP contribution in [-0.4, -0.2) is 28.5 Å². The van der Waals surface area contributed by atoms with E-state index in [2.05, 4.69) is 15.6 Å². The molecule has 0 fully saturated rings. The lowest BCUT2D eigenvalue weighted by Gasteiger charge is -2.12. The van der Waals surface area contributed by atoms with Gasteiger partial charge in [0.05, 0.1) is 34.7 Å². The second-order valence-electron chi connectivity index (χ2n) is 8.06. The number of benzene rings is 3. The lowest BCUT2D eigenvalue weighted by Crippen LogP contribution is -2.25. The van der Waals surface area contributed by atoms with Gasteiger partial charge in [0.2, 0.25) is 5.43 Å². The van der Waals surface area contributed by atoms with Gasteiger partial charge in [0.15, 0.2) is 6.61 Å². The molecule has 2 heterocycles. The van der Waals surface area contributed by atoms with Gasteiger partial charge < -0.3 is 9.15 Å². The van der Waals surface area contributed by atoms with Crippen LogP contribution in [0.2, 0.25) is 0 Å². The molecule has 5 rings (SSSR count). The molecule has 36 heavy (non-hydrogen) atoms. The zero-order valence-corrected chi connectivity index (χ0v) is 19.4. The Hall–Kier alpha value is -4.98. The van der Waals surface area contributed by atoms with E-state index in [1.165, 1.54) is 12.5 Å². The summed E-state index contributed by atoms with van der Waals surface area (Å²) in [5.41, 5.74) is 6.36.